The zero-order valence-electron chi connectivity index (χ0n) is 23.7. The molecule has 0 unspecified atom stereocenters. The van der Waals surface area contributed by atoms with E-state index in [9.17, 15) is 0 Å². The summed E-state index contributed by atoms with van der Waals surface area (Å²) in [6.07, 6.45) is 1.82. The minimum Gasteiger partial charge on any atom is -0.454 e. The maximum Gasteiger partial charge on any atom is 0.153 e. The summed E-state index contributed by atoms with van der Waals surface area (Å²) in [5.74, 6) is 0. The van der Waals surface area contributed by atoms with Crippen molar-refractivity contribution in [1.29, 1.82) is 0 Å². The number of fused-ring (bicyclic) bond motifs is 6. The topological polar surface area (TPSA) is 26.0 Å². The minimum absolute atomic E-state index is 0.815. The maximum atomic E-state index is 6.00. The molecule has 3 aromatic heterocycles. The first kappa shape index (κ1) is 25.0. The molecule has 6 aromatic carbocycles. The van der Waals surface area contributed by atoms with Gasteiger partial charge in [0.25, 0.3) is 0 Å². The highest BCUT2D eigenvalue weighted by molar-refractivity contribution is 7.25. The summed E-state index contributed by atoms with van der Waals surface area (Å²) in [6, 6.07) is 52.3. The van der Waals surface area contributed by atoms with Crippen molar-refractivity contribution in [2.24, 2.45) is 0 Å². The van der Waals surface area contributed by atoms with Gasteiger partial charge in [-0.05, 0) is 105 Å². The van der Waals surface area contributed by atoms with Gasteiger partial charge in [-0.2, -0.15) is 0 Å². The number of furan rings is 1. The van der Waals surface area contributed by atoms with Crippen LogP contribution in [0, 0.1) is 0 Å². The van der Waals surface area contributed by atoms with Crippen LogP contribution < -0.4 is 0 Å². The Bertz CT molecular complexity index is 2350. The van der Waals surface area contributed by atoms with Gasteiger partial charge in [0.1, 0.15) is 11.1 Å². The van der Waals surface area contributed by atoms with Gasteiger partial charge in [0.15, 0.2) is 5.58 Å². The number of benzene rings is 6. The number of nitrogens with zero attached hydrogens (tertiary/aromatic N) is 1. The van der Waals surface area contributed by atoms with Gasteiger partial charge >= 0.3 is 0 Å². The van der Waals surface area contributed by atoms with Crippen LogP contribution in [-0.2, 0) is 0 Å². The number of thiophene rings is 1. The standard InChI is InChI=1S/C41H25NOS/c1-2-15-39-34(13-1)35-24-33(17-19-40(35)44-39)31-12-5-10-29(23-31)27-8-3-7-26(21-27)28-9-4-11-30(22-28)32-16-18-37-36(25-32)41-38(43-37)14-6-20-42-41/h1-25H. The van der Waals surface area contributed by atoms with Crippen LogP contribution in [0.15, 0.2) is 156 Å². The monoisotopic (exact) mass is 579 g/mol. The predicted molar refractivity (Wildman–Crippen MR) is 186 cm³/mol. The molecule has 9 aromatic rings. The Labute approximate surface area is 258 Å². The van der Waals surface area contributed by atoms with E-state index in [1.165, 1.54) is 59.1 Å². The summed E-state index contributed by atoms with van der Waals surface area (Å²) in [5.41, 5.74) is 12.1. The molecule has 3 heteroatoms. The quantitative estimate of drug-likeness (QED) is 0.207. The van der Waals surface area contributed by atoms with Crippen molar-refractivity contribution in [3.05, 3.63) is 152 Å². The molecule has 0 amide bonds. The molecule has 44 heavy (non-hydrogen) atoms. The molecule has 2 nitrogen and oxygen atoms in total. The first-order chi connectivity index (χ1) is 21.8. The van der Waals surface area contributed by atoms with E-state index in [4.69, 9.17) is 4.42 Å². The highest BCUT2D eigenvalue weighted by Crippen LogP contribution is 2.38. The molecule has 0 aliphatic rings. The van der Waals surface area contributed by atoms with Crippen molar-refractivity contribution in [2.75, 3.05) is 0 Å². The van der Waals surface area contributed by atoms with E-state index in [-0.39, 0.29) is 0 Å². The summed E-state index contributed by atoms with van der Waals surface area (Å²) in [7, 11) is 0. The average molecular weight is 580 g/mol. The lowest BCUT2D eigenvalue weighted by atomic mass is 9.94. The van der Waals surface area contributed by atoms with Crippen LogP contribution in [0.3, 0.4) is 0 Å². The van der Waals surface area contributed by atoms with Crippen molar-refractivity contribution >= 4 is 53.6 Å². The second kappa shape index (κ2) is 10.0. The normalized spacial score (nSPS) is 11.6. The Balaban J connectivity index is 1.07. The van der Waals surface area contributed by atoms with E-state index in [0.717, 1.165) is 27.6 Å². The fourth-order valence-electron chi connectivity index (χ4n) is 6.32. The summed E-state index contributed by atoms with van der Waals surface area (Å²) in [5, 5.41) is 3.69. The second-order valence-electron chi connectivity index (χ2n) is 11.2. The maximum absolute atomic E-state index is 6.00. The van der Waals surface area contributed by atoms with E-state index in [0.29, 0.717) is 0 Å². The predicted octanol–water partition coefficient (Wildman–Crippen LogP) is 12.0. The lowest BCUT2D eigenvalue weighted by Crippen LogP contribution is -1.85. The van der Waals surface area contributed by atoms with Crippen LogP contribution in [0.5, 0.6) is 0 Å². The van der Waals surface area contributed by atoms with Crippen LogP contribution in [0.1, 0.15) is 0 Å². The van der Waals surface area contributed by atoms with Crippen LogP contribution in [0.2, 0.25) is 0 Å². The second-order valence-corrected chi connectivity index (χ2v) is 12.3. The Kier molecular flexibility index (Phi) is 5.71. The van der Waals surface area contributed by atoms with Gasteiger partial charge in [-0.1, -0.05) is 84.9 Å². The summed E-state index contributed by atoms with van der Waals surface area (Å²) in [6.45, 7) is 0. The molecule has 0 radical (unpaired) electrons. The van der Waals surface area contributed by atoms with E-state index < -0.39 is 0 Å². The van der Waals surface area contributed by atoms with Crippen LogP contribution in [0.25, 0.3) is 86.7 Å². The van der Waals surface area contributed by atoms with E-state index in [2.05, 4.69) is 132 Å². The summed E-state index contributed by atoms with van der Waals surface area (Å²) in [4.78, 5) is 4.56. The number of rotatable bonds is 4. The SMILES string of the molecule is c1cc(-c2cccc(-c3ccc4sc5ccccc5c4c3)c2)cc(-c2cccc(-c3ccc4oc5cccnc5c4c3)c2)c1. The van der Waals surface area contributed by atoms with E-state index >= 15 is 0 Å². The van der Waals surface area contributed by atoms with Gasteiger partial charge in [-0.3, -0.25) is 4.98 Å². The summed E-state index contributed by atoms with van der Waals surface area (Å²) >= 11 is 1.86. The summed E-state index contributed by atoms with van der Waals surface area (Å²) < 4.78 is 8.66. The molecule has 0 bridgehead atoms. The van der Waals surface area contributed by atoms with Gasteiger partial charge in [0.2, 0.25) is 0 Å². The zero-order valence-corrected chi connectivity index (χ0v) is 24.5. The highest BCUT2D eigenvalue weighted by atomic mass is 32.1. The zero-order chi connectivity index (χ0) is 29.0. The smallest absolute Gasteiger partial charge is 0.153 e. The lowest BCUT2D eigenvalue weighted by molar-refractivity contribution is 0.668. The Morgan fingerprint density at radius 1 is 0.386 bits per heavy atom. The third kappa shape index (κ3) is 4.21. The lowest BCUT2D eigenvalue weighted by Gasteiger charge is -2.10. The van der Waals surface area contributed by atoms with Crippen molar-refractivity contribution < 1.29 is 4.42 Å². The van der Waals surface area contributed by atoms with E-state index in [1.807, 2.05) is 35.7 Å². The number of aromatic nitrogens is 1. The Hall–Kier alpha value is -5.51. The molecule has 0 N–H and O–H groups in total. The average Bonchev–Trinajstić information content (AvgIpc) is 3.66. The fourth-order valence-corrected chi connectivity index (χ4v) is 7.40. The first-order valence-corrected chi connectivity index (χ1v) is 15.6. The third-order valence-corrected chi connectivity index (χ3v) is 9.67. The molecule has 0 atom stereocenters. The highest BCUT2D eigenvalue weighted by Gasteiger charge is 2.11. The largest absolute Gasteiger partial charge is 0.454 e. The Morgan fingerprint density at radius 2 is 0.932 bits per heavy atom. The van der Waals surface area contributed by atoms with Crippen LogP contribution >= 0.6 is 11.3 Å². The molecule has 206 valence electrons. The number of hydrogen-bond acceptors (Lipinski definition) is 3. The van der Waals surface area contributed by atoms with Crippen LogP contribution in [-0.4, -0.2) is 4.98 Å². The molecule has 0 saturated heterocycles. The minimum atomic E-state index is 0.815. The van der Waals surface area contributed by atoms with Crippen molar-refractivity contribution in [3.63, 3.8) is 0 Å². The molecule has 0 fully saturated rings. The molecule has 3 heterocycles. The molecule has 0 spiro atoms. The molecule has 0 aliphatic carbocycles. The number of hydrogen-bond donors (Lipinski definition) is 0. The van der Waals surface area contributed by atoms with Gasteiger partial charge in [-0.25, -0.2) is 0 Å². The molecule has 9 rings (SSSR count). The van der Waals surface area contributed by atoms with E-state index in [1.54, 1.807) is 0 Å². The van der Waals surface area contributed by atoms with Crippen molar-refractivity contribution in [1.82, 2.24) is 4.98 Å². The van der Waals surface area contributed by atoms with Gasteiger partial charge in [-0.15, -0.1) is 11.3 Å². The first-order valence-electron chi connectivity index (χ1n) is 14.8. The number of pyridine rings is 1. The van der Waals surface area contributed by atoms with Gasteiger partial charge in [0.05, 0.1) is 0 Å². The molecular formula is C41H25NOS. The molecule has 0 aliphatic heterocycles. The fraction of sp³-hybridized carbons (Fsp3) is 0. The van der Waals surface area contributed by atoms with Crippen molar-refractivity contribution in [2.45, 2.75) is 0 Å². The third-order valence-electron chi connectivity index (χ3n) is 8.52. The molecular weight excluding hydrogens is 555 g/mol. The van der Waals surface area contributed by atoms with Crippen LogP contribution in [0.4, 0.5) is 0 Å². The van der Waals surface area contributed by atoms with Gasteiger partial charge < -0.3 is 4.42 Å². The van der Waals surface area contributed by atoms with Crippen molar-refractivity contribution in [3.8, 4) is 44.5 Å². The Morgan fingerprint density at radius 3 is 1.59 bits per heavy atom. The molecule has 0 saturated carbocycles. The van der Waals surface area contributed by atoms with Gasteiger partial charge in [0, 0.05) is 31.8 Å².